The van der Waals surface area contributed by atoms with Crippen molar-refractivity contribution in [2.75, 3.05) is 0 Å². The zero-order valence-electron chi connectivity index (χ0n) is 5.69. The van der Waals surface area contributed by atoms with E-state index in [1.54, 1.807) is 0 Å². The van der Waals surface area contributed by atoms with Crippen LogP contribution in [0, 0.1) is 0 Å². The molecule has 1 aliphatic carbocycles. The van der Waals surface area contributed by atoms with Crippen molar-refractivity contribution in [2.24, 2.45) is 0 Å². The van der Waals surface area contributed by atoms with Gasteiger partial charge >= 0.3 is 0 Å². The van der Waals surface area contributed by atoms with Crippen molar-refractivity contribution in [3.8, 4) is 0 Å². The Morgan fingerprint density at radius 1 is 1.10 bits per heavy atom. The number of rotatable bonds is 0. The molecule has 0 bridgehead atoms. The fourth-order valence-electron chi connectivity index (χ4n) is 1.22. The van der Waals surface area contributed by atoms with Crippen LogP contribution in [0.5, 0.6) is 0 Å². The van der Waals surface area contributed by atoms with Crippen molar-refractivity contribution in [2.45, 2.75) is 38.4 Å². The van der Waals surface area contributed by atoms with Gasteiger partial charge in [-0.3, -0.25) is 0 Å². The van der Waals surface area contributed by atoms with E-state index in [2.05, 4.69) is 61.1 Å². The van der Waals surface area contributed by atoms with E-state index in [1.165, 1.54) is 25.7 Å². The molecule has 0 aromatic heterocycles. The molecule has 1 saturated carbocycles. The Kier molecular flexibility index (Phi) is 4.85. The summed E-state index contributed by atoms with van der Waals surface area (Å²) in [6.45, 7) is 0. The van der Waals surface area contributed by atoms with Crippen molar-refractivity contribution in [3.05, 3.63) is 0 Å². The average Bonchev–Trinajstić information content (AvgIpc) is 2.04. The van der Waals surface area contributed by atoms with Crippen LogP contribution < -0.4 is 0 Å². The van der Waals surface area contributed by atoms with E-state index in [9.17, 15) is 0 Å². The summed E-state index contributed by atoms with van der Waals surface area (Å²) in [5.41, 5.74) is 0. The Bertz CT molecular complexity index is 95.8. The number of alkyl halides is 3. The molecule has 3 unspecified atom stereocenters. The molecule has 1 fully saturated rings. The van der Waals surface area contributed by atoms with E-state index in [0.29, 0.717) is 0 Å². The predicted octanol–water partition coefficient (Wildman–Crippen LogP) is 3.93. The maximum Gasteiger partial charge on any atom is 0.0353 e. The first kappa shape index (κ1) is 10.0. The lowest BCUT2D eigenvalue weighted by molar-refractivity contribution is 0.715. The number of halogens is 3. The van der Waals surface area contributed by atoms with Crippen molar-refractivity contribution < 1.29 is 0 Å². The summed E-state index contributed by atoms with van der Waals surface area (Å²) < 4.78 is 1.71. The second-order valence-electron chi connectivity index (χ2n) is 2.76. The fourth-order valence-corrected chi connectivity index (χ4v) is 4.15. The quantitative estimate of drug-likeness (QED) is 0.311. The monoisotopic (exact) mass is 428 g/mol. The largest absolute Gasteiger partial charge is 0.0879 e. The molecule has 0 heterocycles. The minimum absolute atomic E-state index is 0.762. The molecule has 0 radical (unpaired) electrons. The molecular formula is C7H11BrI2. The Morgan fingerprint density at radius 2 is 1.70 bits per heavy atom. The molecule has 0 amide bonds. The highest BCUT2D eigenvalue weighted by atomic mass is 127. The Hall–Kier alpha value is 1.94. The number of hydrogen-bond donors (Lipinski definition) is 0. The van der Waals surface area contributed by atoms with Crippen LogP contribution in [0.3, 0.4) is 0 Å². The molecule has 0 saturated heterocycles. The van der Waals surface area contributed by atoms with E-state index >= 15 is 0 Å². The molecule has 0 aromatic rings. The van der Waals surface area contributed by atoms with E-state index in [4.69, 9.17) is 0 Å². The lowest BCUT2D eigenvalue weighted by Gasteiger charge is -2.17. The van der Waals surface area contributed by atoms with Gasteiger partial charge in [0.05, 0.1) is 0 Å². The van der Waals surface area contributed by atoms with Gasteiger partial charge in [-0.25, -0.2) is 0 Å². The van der Waals surface area contributed by atoms with Crippen LogP contribution in [0.25, 0.3) is 0 Å². The lowest BCUT2D eigenvalue weighted by atomic mass is 10.2. The molecule has 10 heavy (non-hydrogen) atoms. The van der Waals surface area contributed by atoms with Gasteiger partial charge < -0.3 is 0 Å². The third-order valence-electron chi connectivity index (χ3n) is 1.90. The Labute approximate surface area is 98.3 Å². The molecule has 1 rings (SSSR count). The summed E-state index contributed by atoms with van der Waals surface area (Å²) in [6.07, 6.45) is 5.62. The van der Waals surface area contributed by atoms with Crippen LogP contribution in [0.2, 0.25) is 0 Å². The standard InChI is InChI=1S/C7H11BrI2/c8-5-3-1-2-4-6(9)7(5)10/h5-7H,1-4H2. The molecule has 3 atom stereocenters. The predicted molar refractivity (Wildman–Crippen MR) is 66.8 cm³/mol. The molecule has 1 aliphatic rings. The van der Waals surface area contributed by atoms with Gasteiger partial charge in [0.15, 0.2) is 0 Å². The second kappa shape index (κ2) is 4.84. The van der Waals surface area contributed by atoms with E-state index in [-0.39, 0.29) is 0 Å². The summed E-state index contributed by atoms with van der Waals surface area (Å²) in [5, 5.41) is 0. The summed E-state index contributed by atoms with van der Waals surface area (Å²) in [6, 6.07) is 0. The van der Waals surface area contributed by atoms with Crippen LogP contribution in [-0.4, -0.2) is 12.7 Å². The zero-order valence-corrected chi connectivity index (χ0v) is 11.6. The van der Waals surface area contributed by atoms with Crippen molar-refractivity contribution in [1.82, 2.24) is 0 Å². The van der Waals surface area contributed by atoms with Gasteiger partial charge in [-0.15, -0.1) is 0 Å². The highest BCUT2D eigenvalue weighted by Gasteiger charge is 2.25. The fraction of sp³-hybridized carbons (Fsp3) is 1.00. The summed E-state index contributed by atoms with van der Waals surface area (Å²) in [5.74, 6) is 0. The van der Waals surface area contributed by atoms with Gasteiger partial charge in [-0.05, 0) is 12.8 Å². The average molecular weight is 429 g/mol. The first-order valence-electron chi connectivity index (χ1n) is 3.64. The molecule has 0 nitrogen and oxygen atoms in total. The molecule has 0 aromatic carbocycles. The normalized spacial score (nSPS) is 42.9. The maximum atomic E-state index is 3.73. The highest BCUT2D eigenvalue weighted by Crippen LogP contribution is 2.33. The highest BCUT2D eigenvalue weighted by molar-refractivity contribution is 14.1. The summed E-state index contributed by atoms with van der Waals surface area (Å²) >= 11 is 8.90. The molecule has 0 spiro atoms. The maximum absolute atomic E-state index is 3.73. The van der Waals surface area contributed by atoms with Crippen LogP contribution in [0.4, 0.5) is 0 Å². The van der Waals surface area contributed by atoms with Gasteiger partial charge in [-0.1, -0.05) is 74.0 Å². The Morgan fingerprint density at radius 3 is 2.40 bits per heavy atom. The van der Waals surface area contributed by atoms with Gasteiger partial charge in [0.2, 0.25) is 0 Å². The third kappa shape index (κ3) is 2.77. The third-order valence-corrected chi connectivity index (χ3v) is 8.43. The lowest BCUT2D eigenvalue weighted by Crippen LogP contribution is -2.21. The van der Waals surface area contributed by atoms with Crippen LogP contribution in [0.15, 0.2) is 0 Å². The zero-order chi connectivity index (χ0) is 7.56. The smallest absolute Gasteiger partial charge is 0.0353 e. The van der Waals surface area contributed by atoms with E-state index in [1.807, 2.05) is 0 Å². The molecule has 60 valence electrons. The van der Waals surface area contributed by atoms with E-state index in [0.717, 1.165) is 12.7 Å². The second-order valence-corrected chi connectivity index (χ2v) is 6.98. The minimum Gasteiger partial charge on any atom is -0.0879 e. The van der Waals surface area contributed by atoms with Gasteiger partial charge in [-0.2, -0.15) is 0 Å². The van der Waals surface area contributed by atoms with Crippen molar-refractivity contribution in [1.29, 1.82) is 0 Å². The number of hydrogen-bond acceptors (Lipinski definition) is 0. The molecule has 0 N–H and O–H groups in total. The molecule has 0 aliphatic heterocycles. The van der Waals surface area contributed by atoms with Gasteiger partial charge in [0, 0.05) is 12.7 Å². The van der Waals surface area contributed by atoms with Crippen LogP contribution in [0.1, 0.15) is 25.7 Å². The first-order valence-corrected chi connectivity index (χ1v) is 7.04. The van der Waals surface area contributed by atoms with Gasteiger partial charge in [0.1, 0.15) is 0 Å². The van der Waals surface area contributed by atoms with Crippen molar-refractivity contribution >= 4 is 61.1 Å². The molecule has 3 heteroatoms. The van der Waals surface area contributed by atoms with E-state index < -0.39 is 0 Å². The van der Waals surface area contributed by atoms with Crippen LogP contribution >= 0.6 is 61.1 Å². The van der Waals surface area contributed by atoms with Crippen molar-refractivity contribution in [3.63, 3.8) is 0 Å². The molecular weight excluding hydrogens is 418 g/mol. The summed E-state index contributed by atoms with van der Waals surface area (Å²) in [4.78, 5) is 0.762. The van der Waals surface area contributed by atoms with Gasteiger partial charge in [0.25, 0.3) is 0 Å². The topological polar surface area (TPSA) is 0 Å². The SMILES string of the molecule is BrC1CCCCC(I)C1I. The minimum atomic E-state index is 0.762. The first-order chi connectivity index (χ1) is 4.72. The summed E-state index contributed by atoms with van der Waals surface area (Å²) in [7, 11) is 0. The van der Waals surface area contributed by atoms with Crippen LogP contribution in [-0.2, 0) is 0 Å². The Balaban J connectivity index is 2.46.